The molecule has 0 aliphatic rings. The SMILES string of the molecule is CC(C)(NC(=O)c1ccc(Br)c(F)c1)C(N)=O. The van der Waals surface area contributed by atoms with Crippen LogP contribution in [0.25, 0.3) is 0 Å². The van der Waals surface area contributed by atoms with Gasteiger partial charge in [-0.15, -0.1) is 0 Å². The van der Waals surface area contributed by atoms with E-state index in [1.807, 2.05) is 0 Å². The molecule has 6 heteroatoms. The predicted octanol–water partition coefficient (Wildman–Crippen LogP) is 1.58. The second-order valence-electron chi connectivity index (χ2n) is 4.07. The third kappa shape index (κ3) is 3.26. The van der Waals surface area contributed by atoms with Crippen molar-refractivity contribution < 1.29 is 14.0 Å². The highest BCUT2D eigenvalue weighted by Gasteiger charge is 2.27. The lowest BCUT2D eigenvalue weighted by atomic mass is 10.0. The molecule has 17 heavy (non-hydrogen) atoms. The lowest BCUT2D eigenvalue weighted by Crippen LogP contribution is -2.53. The van der Waals surface area contributed by atoms with Gasteiger partial charge in [-0.25, -0.2) is 4.39 Å². The molecule has 0 aromatic heterocycles. The highest BCUT2D eigenvalue weighted by atomic mass is 79.9. The van der Waals surface area contributed by atoms with E-state index in [1.54, 1.807) is 0 Å². The molecule has 0 saturated heterocycles. The molecule has 2 amide bonds. The molecule has 1 aromatic carbocycles. The molecule has 92 valence electrons. The Morgan fingerprint density at radius 1 is 1.41 bits per heavy atom. The monoisotopic (exact) mass is 302 g/mol. The Labute approximate surface area is 107 Å². The maximum atomic E-state index is 13.2. The highest BCUT2D eigenvalue weighted by molar-refractivity contribution is 9.10. The molecule has 0 spiro atoms. The summed E-state index contributed by atoms with van der Waals surface area (Å²) in [6.07, 6.45) is 0. The van der Waals surface area contributed by atoms with Crippen molar-refractivity contribution >= 4 is 27.7 Å². The molecular weight excluding hydrogens is 291 g/mol. The van der Waals surface area contributed by atoms with E-state index >= 15 is 0 Å². The third-order valence-corrected chi connectivity index (χ3v) is 2.87. The number of amides is 2. The van der Waals surface area contributed by atoms with Gasteiger partial charge >= 0.3 is 0 Å². The minimum atomic E-state index is -1.18. The smallest absolute Gasteiger partial charge is 0.252 e. The number of carbonyl (C=O) groups excluding carboxylic acids is 2. The fourth-order valence-corrected chi connectivity index (χ4v) is 1.30. The molecule has 0 heterocycles. The maximum absolute atomic E-state index is 13.2. The molecule has 1 rings (SSSR count). The van der Waals surface area contributed by atoms with Crippen molar-refractivity contribution in [1.82, 2.24) is 5.32 Å². The average Bonchev–Trinajstić information content (AvgIpc) is 2.21. The minimum Gasteiger partial charge on any atom is -0.368 e. The molecule has 0 aliphatic heterocycles. The van der Waals surface area contributed by atoms with E-state index in [0.29, 0.717) is 0 Å². The molecule has 0 saturated carbocycles. The van der Waals surface area contributed by atoms with Gasteiger partial charge in [-0.3, -0.25) is 9.59 Å². The summed E-state index contributed by atoms with van der Waals surface area (Å²) in [7, 11) is 0. The Morgan fingerprint density at radius 2 is 2.00 bits per heavy atom. The van der Waals surface area contributed by atoms with Crippen LogP contribution in [-0.2, 0) is 4.79 Å². The summed E-state index contributed by atoms with van der Waals surface area (Å²) in [5.41, 5.74) is 4.06. The molecule has 0 fully saturated rings. The van der Waals surface area contributed by atoms with Gasteiger partial charge in [-0.1, -0.05) is 0 Å². The van der Waals surface area contributed by atoms with Gasteiger partial charge in [0.05, 0.1) is 4.47 Å². The van der Waals surface area contributed by atoms with Crippen LogP contribution >= 0.6 is 15.9 Å². The Hall–Kier alpha value is -1.43. The number of rotatable bonds is 3. The number of hydrogen-bond donors (Lipinski definition) is 2. The molecule has 3 N–H and O–H groups in total. The fraction of sp³-hybridized carbons (Fsp3) is 0.273. The van der Waals surface area contributed by atoms with Gasteiger partial charge in [-0.2, -0.15) is 0 Å². The van der Waals surface area contributed by atoms with E-state index in [2.05, 4.69) is 21.2 Å². The topological polar surface area (TPSA) is 72.2 Å². The number of nitrogens with two attached hydrogens (primary N) is 1. The highest BCUT2D eigenvalue weighted by Crippen LogP contribution is 2.16. The summed E-state index contributed by atoms with van der Waals surface area (Å²) in [5.74, 6) is -1.77. The van der Waals surface area contributed by atoms with Crippen molar-refractivity contribution in [2.24, 2.45) is 5.73 Å². The van der Waals surface area contributed by atoms with E-state index in [4.69, 9.17) is 5.73 Å². The molecule has 0 aliphatic carbocycles. The van der Waals surface area contributed by atoms with Crippen LogP contribution in [0, 0.1) is 5.82 Å². The zero-order valence-corrected chi connectivity index (χ0v) is 11.0. The molecule has 0 radical (unpaired) electrons. The zero-order chi connectivity index (χ0) is 13.2. The first-order valence-electron chi connectivity index (χ1n) is 4.81. The Kier molecular flexibility index (Phi) is 3.87. The number of primary amides is 1. The molecule has 1 aromatic rings. The summed E-state index contributed by atoms with van der Waals surface area (Å²) in [5, 5.41) is 2.42. The lowest BCUT2D eigenvalue weighted by molar-refractivity contribution is -0.122. The van der Waals surface area contributed by atoms with Crippen molar-refractivity contribution in [3.05, 3.63) is 34.1 Å². The molecule has 0 unspecified atom stereocenters. The van der Waals surface area contributed by atoms with Crippen molar-refractivity contribution in [3.8, 4) is 0 Å². The number of hydrogen-bond acceptors (Lipinski definition) is 2. The van der Waals surface area contributed by atoms with Gasteiger partial charge in [0.2, 0.25) is 5.91 Å². The Balaban J connectivity index is 2.91. The Morgan fingerprint density at radius 3 is 2.47 bits per heavy atom. The van der Waals surface area contributed by atoms with Crippen molar-refractivity contribution in [3.63, 3.8) is 0 Å². The number of halogens is 2. The lowest BCUT2D eigenvalue weighted by Gasteiger charge is -2.22. The molecule has 0 atom stereocenters. The largest absolute Gasteiger partial charge is 0.368 e. The quantitative estimate of drug-likeness (QED) is 0.890. The third-order valence-electron chi connectivity index (χ3n) is 2.22. The summed E-state index contributed by atoms with van der Waals surface area (Å²) in [6.45, 7) is 2.95. The van der Waals surface area contributed by atoms with Crippen molar-refractivity contribution in [2.45, 2.75) is 19.4 Å². The summed E-state index contributed by atoms with van der Waals surface area (Å²) < 4.78 is 13.5. The van der Waals surface area contributed by atoms with Crippen LogP contribution in [0.1, 0.15) is 24.2 Å². The van der Waals surface area contributed by atoms with Gasteiger partial charge < -0.3 is 11.1 Å². The van der Waals surface area contributed by atoms with E-state index in [-0.39, 0.29) is 10.0 Å². The van der Waals surface area contributed by atoms with Gasteiger partial charge in [-0.05, 0) is 48.0 Å². The van der Waals surface area contributed by atoms with Gasteiger partial charge in [0.15, 0.2) is 0 Å². The van der Waals surface area contributed by atoms with Crippen LogP contribution in [0.15, 0.2) is 22.7 Å². The number of benzene rings is 1. The normalized spacial score (nSPS) is 11.1. The standard InChI is InChI=1S/C11H12BrFN2O2/c1-11(2,10(14)17)15-9(16)6-3-4-7(12)8(13)5-6/h3-5H,1-2H3,(H2,14,17)(H,15,16). The summed E-state index contributed by atoms with van der Waals surface area (Å²) in [6, 6.07) is 3.94. The van der Waals surface area contributed by atoms with E-state index < -0.39 is 23.2 Å². The van der Waals surface area contributed by atoms with Gasteiger partial charge in [0.25, 0.3) is 5.91 Å². The summed E-state index contributed by atoms with van der Waals surface area (Å²) >= 11 is 2.98. The van der Waals surface area contributed by atoms with Crippen molar-refractivity contribution in [1.29, 1.82) is 0 Å². The van der Waals surface area contributed by atoms with Crippen LogP contribution in [0.3, 0.4) is 0 Å². The Bertz CT molecular complexity index is 475. The van der Waals surface area contributed by atoms with Crippen molar-refractivity contribution in [2.75, 3.05) is 0 Å². The predicted molar refractivity (Wildman–Crippen MR) is 64.8 cm³/mol. The van der Waals surface area contributed by atoms with Crippen LogP contribution in [0.4, 0.5) is 4.39 Å². The molecule has 0 bridgehead atoms. The van der Waals surface area contributed by atoms with Gasteiger partial charge in [0, 0.05) is 5.56 Å². The second-order valence-corrected chi connectivity index (χ2v) is 4.93. The number of nitrogens with one attached hydrogen (secondary N) is 1. The van der Waals surface area contributed by atoms with Crippen LogP contribution in [0.5, 0.6) is 0 Å². The first-order valence-corrected chi connectivity index (χ1v) is 5.61. The molecule has 4 nitrogen and oxygen atoms in total. The zero-order valence-electron chi connectivity index (χ0n) is 9.38. The number of carbonyl (C=O) groups is 2. The van der Waals surface area contributed by atoms with E-state index in [1.165, 1.54) is 26.0 Å². The summed E-state index contributed by atoms with van der Waals surface area (Å²) in [4.78, 5) is 22.8. The van der Waals surface area contributed by atoms with Crippen LogP contribution in [0.2, 0.25) is 0 Å². The maximum Gasteiger partial charge on any atom is 0.252 e. The first-order chi connectivity index (χ1) is 7.74. The van der Waals surface area contributed by atoms with E-state index in [9.17, 15) is 14.0 Å². The second kappa shape index (κ2) is 4.83. The van der Waals surface area contributed by atoms with Crippen LogP contribution < -0.4 is 11.1 Å². The fourth-order valence-electron chi connectivity index (χ4n) is 1.05. The molecular formula is C11H12BrFN2O2. The van der Waals surface area contributed by atoms with Gasteiger partial charge in [0.1, 0.15) is 11.4 Å². The van der Waals surface area contributed by atoms with Crippen LogP contribution in [-0.4, -0.2) is 17.4 Å². The van der Waals surface area contributed by atoms with E-state index in [0.717, 1.165) is 6.07 Å². The first kappa shape index (κ1) is 13.6. The average molecular weight is 303 g/mol. The minimum absolute atomic E-state index is 0.125.